The topological polar surface area (TPSA) is 42.0 Å². The van der Waals surface area contributed by atoms with Crippen LogP contribution in [0, 0.1) is 5.82 Å². The third-order valence-corrected chi connectivity index (χ3v) is 4.54. The molecule has 0 aliphatic heterocycles. The van der Waals surface area contributed by atoms with Crippen LogP contribution in [0.5, 0.6) is 0 Å². The predicted octanol–water partition coefficient (Wildman–Crippen LogP) is 4.77. The predicted molar refractivity (Wildman–Crippen MR) is 93.1 cm³/mol. The van der Waals surface area contributed by atoms with Crippen LogP contribution in [0.2, 0.25) is 5.02 Å². The first-order chi connectivity index (χ1) is 11.6. The number of pyridine rings is 1. The standard InChI is InChI=1S/C19H14ClFN2O/c20-11-4-9-17-15(10-11)18(14-2-1-3-16(14)23-17)19(24)22-13-7-5-12(21)6-8-13/h4-10H,1-3H2,(H,22,24). The minimum absolute atomic E-state index is 0.213. The highest BCUT2D eigenvalue weighted by Gasteiger charge is 2.24. The van der Waals surface area contributed by atoms with Crippen molar-refractivity contribution in [2.75, 3.05) is 5.32 Å². The van der Waals surface area contributed by atoms with Gasteiger partial charge < -0.3 is 5.32 Å². The highest BCUT2D eigenvalue weighted by molar-refractivity contribution is 6.31. The molecule has 0 unspecified atom stereocenters. The van der Waals surface area contributed by atoms with Crippen LogP contribution in [0.3, 0.4) is 0 Å². The average molecular weight is 341 g/mol. The van der Waals surface area contributed by atoms with E-state index in [9.17, 15) is 9.18 Å². The Hall–Kier alpha value is -2.46. The van der Waals surface area contributed by atoms with E-state index in [0.29, 0.717) is 16.3 Å². The van der Waals surface area contributed by atoms with Crippen molar-refractivity contribution in [3.8, 4) is 0 Å². The van der Waals surface area contributed by atoms with Gasteiger partial charge in [0.15, 0.2) is 0 Å². The normalized spacial score (nSPS) is 13.1. The van der Waals surface area contributed by atoms with Gasteiger partial charge in [-0.1, -0.05) is 11.6 Å². The van der Waals surface area contributed by atoms with E-state index in [4.69, 9.17) is 11.6 Å². The van der Waals surface area contributed by atoms with Gasteiger partial charge in [0.2, 0.25) is 0 Å². The van der Waals surface area contributed by atoms with Gasteiger partial charge in [0.1, 0.15) is 5.82 Å². The van der Waals surface area contributed by atoms with Crippen molar-refractivity contribution in [1.29, 1.82) is 0 Å². The van der Waals surface area contributed by atoms with E-state index in [1.165, 1.54) is 12.1 Å². The molecule has 3 aromatic rings. The van der Waals surface area contributed by atoms with Gasteiger partial charge in [-0.25, -0.2) is 4.39 Å². The SMILES string of the molecule is O=C(Nc1ccc(F)cc1)c1c2c(nc3ccc(Cl)cc13)CCC2. The molecule has 0 atom stereocenters. The molecule has 24 heavy (non-hydrogen) atoms. The van der Waals surface area contributed by atoms with Gasteiger partial charge in [-0.15, -0.1) is 0 Å². The first-order valence-corrected chi connectivity index (χ1v) is 8.17. The zero-order chi connectivity index (χ0) is 16.7. The highest BCUT2D eigenvalue weighted by Crippen LogP contribution is 2.32. The number of carbonyl (C=O) groups excluding carboxylic acids is 1. The van der Waals surface area contributed by atoms with Gasteiger partial charge in [-0.3, -0.25) is 9.78 Å². The third-order valence-electron chi connectivity index (χ3n) is 4.30. The van der Waals surface area contributed by atoms with Crippen LogP contribution < -0.4 is 5.32 Å². The van der Waals surface area contributed by atoms with Crippen molar-refractivity contribution in [2.45, 2.75) is 19.3 Å². The summed E-state index contributed by atoms with van der Waals surface area (Å²) < 4.78 is 13.0. The Kier molecular flexibility index (Phi) is 3.69. The van der Waals surface area contributed by atoms with E-state index in [1.54, 1.807) is 24.3 Å². The van der Waals surface area contributed by atoms with Gasteiger partial charge in [0.05, 0.1) is 11.1 Å². The maximum absolute atomic E-state index is 13.0. The van der Waals surface area contributed by atoms with Crippen LogP contribution in [-0.2, 0) is 12.8 Å². The minimum Gasteiger partial charge on any atom is -0.322 e. The summed E-state index contributed by atoms with van der Waals surface area (Å²) >= 11 is 6.12. The van der Waals surface area contributed by atoms with Crippen molar-refractivity contribution < 1.29 is 9.18 Å². The highest BCUT2D eigenvalue weighted by atomic mass is 35.5. The number of halogens is 2. The Balaban J connectivity index is 1.83. The molecule has 3 nitrogen and oxygen atoms in total. The number of hydrogen-bond donors (Lipinski definition) is 1. The van der Waals surface area contributed by atoms with Crippen molar-refractivity contribution >= 4 is 34.1 Å². The first kappa shape index (κ1) is 15.1. The Labute approximate surface area is 143 Å². The maximum atomic E-state index is 13.0. The molecule has 0 spiro atoms. The molecule has 1 aromatic heterocycles. The number of anilines is 1. The number of nitrogens with zero attached hydrogens (tertiary/aromatic N) is 1. The zero-order valence-electron chi connectivity index (χ0n) is 12.8. The van der Waals surface area contributed by atoms with E-state index < -0.39 is 0 Å². The smallest absolute Gasteiger partial charge is 0.256 e. The van der Waals surface area contributed by atoms with Gasteiger partial charge in [-0.2, -0.15) is 0 Å². The summed E-state index contributed by atoms with van der Waals surface area (Å²) in [7, 11) is 0. The fourth-order valence-corrected chi connectivity index (χ4v) is 3.39. The second-order valence-corrected chi connectivity index (χ2v) is 6.32. The Morgan fingerprint density at radius 3 is 2.71 bits per heavy atom. The lowest BCUT2D eigenvalue weighted by atomic mass is 10.0. The zero-order valence-corrected chi connectivity index (χ0v) is 13.5. The summed E-state index contributed by atoms with van der Waals surface area (Å²) in [5.74, 6) is -0.551. The maximum Gasteiger partial charge on any atom is 0.256 e. The van der Waals surface area contributed by atoms with Crippen LogP contribution in [0.15, 0.2) is 42.5 Å². The molecular weight excluding hydrogens is 327 g/mol. The summed E-state index contributed by atoms with van der Waals surface area (Å²) in [6.45, 7) is 0. The van der Waals surface area contributed by atoms with Crippen molar-refractivity contribution in [2.24, 2.45) is 0 Å². The number of hydrogen-bond acceptors (Lipinski definition) is 2. The fourth-order valence-electron chi connectivity index (χ4n) is 3.22. The molecule has 1 heterocycles. The number of carbonyl (C=O) groups is 1. The lowest BCUT2D eigenvalue weighted by Gasteiger charge is -2.13. The van der Waals surface area contributed by atoms with E-state index in [2.05, 4.69) is 10.3 Å². The molecule has 120 valence electrons. The summed E-state index contributed by atoms with van der Waals surface area (Å²) in [5, 5.41) is 4.17. The summed E-state index contributed by atoms with van der Waals surface area (Å²) in [4.78, 5) is 17.6. The molecule has 2 aromatic carbocycles. The lowest BCUT2D eigenvalue weighted by molar-refractivity contribution is 0.102. The second kappa shape index (κ2) is 5.87. The summed E-state index contributed by atoms with van der Waals surface area (Å²) in [6.07, 6.45) is 2.70. The molecule has 1 amide bonds. The van der Waals surface area contributed by atoms with Crippen LogP contribution in [0.4, 0.5) is 10.1 Å². The van der Waals surface area contributed by atoms with Gasteiger partial charge in [0.25, 0.3) is 5.91 Å². The van der Waals surface area contributed by atoms with Crippen molar-refractivity contribution in [3.63, 3.8) is 0 Å². The monoisotopic (exact) mass is 340 g/mol. The van der Waals surface area contributed by atoms with E-state index in [0.717, 1.165) is 41.4 Å². The molecule has 1 N–H and O–H groups in total. The lowest BCUT2D eigenvalue weighted by Crippen LogP contribution is -2.15. The molecule has 0 radical (unpaired) electrons. The van der Waals surface area contributed by atoms with Crippen LogP contribution in [0.1, 0.15) is 28.0 Å². The number of aromatic nitrogens is 1. The van der Waals surface area contributed by atoms with Gasteiger partial charge in [-0.05, 0) is 67.3 Å². The van der Waals surface area contributed by atoms with E-state index in [-0.39, 0.29) is 11.7 Å². The summed E-state index contributed by atoms with van der Waals surface area (Å²) in [5.41, 5.74) is 3.92. The van der Waals surface area contributed by atoms with Gasteiger partial charge >= 0.3 is 0 Å². The number of fused-ring (bicyclic) bond motifs is 2. The molecule has 0 fully saturated rings. The molecule has 1 aliphatic carbocycles. The fraction of sp³-hybridized carbons (Fsp3) is 0.158. The molecule has 1 aliphatic rings. The minimum atomic E-state index is -0.338. The molecule has 4 rings (SSSR count). The number of benzene rings is 2. The summed E-state index contributed by atoms with van der Waals surface area (Å²) in [6, 6.07) is 11.1. The van der Waals surface area contributed by atoms with Crippen LogP contribution in [0.25, 0.3) is 10.9 Å². The molecule has 0 bridgehead atoms. The quantitative estimate of drug-likeness (QED) is 0.730. The first-order valence-electron chi connectivity index (χ1n) is 7.80. The molecule has 5 heteroatoms. The number of rotatable bonds is 2. The molecular formula is C19H14ClFN2O. The molecule has 0 saturated heterocycles. The van der Waals surface area contributed by atoms with Crippen molar-refractivity contribution in [1.82, 2.24) is 4.98 Å². The number of nitrogens with one attached hydrogen (secondary N) is 1. The van der Waals surface area contributed by atoms with Crippen molar-refractivity contribution in [3.05, 3.63) is 70.1 Å². The number of amides is 1. The largest absolute Gasteiger partial charge is 0.322 e. The van der Waals surface area contributed by atoms with Crippen LogP contribution in [-0.4, -0.2) is 10.9 Å². The third kappa shape index (κ3) is 2.63. The molecule has 0 saturated carbocycles. The van der Waals surface area contributed by atoms with E-state index in [1.807, 2.05) is 6.07 Å². The van der Waals surface area contributed by atoms with E-state index >= 15 is 0 Å². The van der Waals surface area contributed by atoms with Gasteiger partial charge in [0, 0.05) is 21.8 Å². The van der Waals surface area contributed by atoms with Crippen LogP contribution >= 0.6 is 11.6 Å². The average Bonchev–Trinajstić information content (AvgIpc) is 3.02. The second-order valence-electron chi connectivity index (χ2n) is 5.89. The number of aryl methyl sites for hydroxylation is 1. The Morgan fingerprint density at radius 2 is 1.92 bits per heavy atom. The Bertz CT molecular complexity index is 954. The Morgan fingerprint density at radius 1 is 1.12 bits per heavy atom.